The number of carbonyl (C=O) groups excluding carboxylic acids is 2. The first-order valence-electron chi connectivity index (χ1n) is 6.49. The van der Waals surface area contributed by atoms with Crippen LogP contribution in [0.25, 0.3) is 0 Å². The molecular weight excluding hydrogens is 247 g/mol. The fraction of sp³-hybridized carbons (Fsp3) is 0.429. The summed E-state index contributed by atoms with van der Waals surface area (Å²) in [6.07, 6.45) is 2.02. The highest BCUT2D eigenvalue weighted by Gasteiger charge is 2.38. The van der Waals surface area contributed by atoms with Gasteiger partial charge >= 0.3 is 0 Å². The zero-order chi connectivity index (χ0) is 13.4. The summed E-state index contributed by atoms with van der Waals surface area (Å²) in [7, 11) is 0. The van der Waals surface area contributed by atoms with Crippen LogP contribution >= 0.6 is 0 Å². The molecule has 2 N–H and O–H groups in total. The molecule has 1 aromatic rings. The summed E-state index contributed by atoms with van der Waals surface area (Å²) >= 11 is 0. The smallest absolute Gasteiger partial charge is 0.223 e. The topological polar surface area (TPSA) is 58.2 Å². The number of benzene rings is 1. The highest BCUT2D eigenvalue weighted by atomic mass is 19.1. The largest absolute Gasteiger partial charge is 0.350 e. The van der Waals surface area contributed by atoms with E-state index in [1.54, 1.807) is 18.2 Å². The summed E-state index contributed by atoms with van der Waals surface area (Å²) in [6.45, 7) is 0. The van der Waals surface area contributed by atoms with Gasteiger partial charge < -0.3 is 10.6 Å². The van der Waals surface area contributed by atoms with Crippen LogP contribution in [0.1, 0.15) is 30.9 Å². The van der Waals surface area contributed by atoms with E-state index in [1.165, 1.54) is 6.07 Å². The highest BCUT2D eigenvalue weighted by Crippen LogP contribution is 2.31. The van der Waals surface area contributed by atoms with Gasteiger partial charge in [-0.05, 0) is 18.9 Å². The predicted molar refractivity (Wildman–Crippen MR) is 66.6 cm³/mol. The molecule has 100 valence electrons. The van der Waals surface area contributed by atoms with E-state index in [1.807, 2.05) is 0 Å². The molecule has 2 fully saturated rings. The van der Waals surface area contributed by atoms with Crippen molar-refractivity contribution < 1.29 is 14.0 Å². The third kappa shape index (κ3) is 2.45. The molecule has 0 radical (unpaired) electrons. The lowest BCUT2D eigenvalue weighted by atomic mass is 10.00. The zero-order valence-electron chi connectivity index (χ0n) is 10.4. The fourth-order valence-electron chi connectivity index (χ4n) is 2.45. The Labute approximate surface area is 110 Å². The van der Waals surface area contributed by atoms with Crippen molar-refractivity contribution in [2.24, 2.45) is 5.92 Å². The molecule has 0 unspecified atom stereocenters. The van der Waals surface area contributed by atoms with Crippen LogP contribution in [0.3, 0.4) is 0 Å². The number of amides is 2. The first-order chi connectivity index (χ1) is 9.15. The second-order valence-electron chi connectivity index (χ2n) is 5.16. The van der Waals surface area contributed by atoms with Crippen LogP contribution in [0.15, 0.2) is 24.3 Å². The lowest BCUT2D eigenvalue weighted by Crippen LogP contribution is -2.39. The highest BCUT2D eigenvalue weighted by molar-refractivity contribution is 5.84. The van der Waals surface area contributed by atoms with Gasteiger partial charge in [-0.25, -0.2) is 4.39 Å². The van der Waals surface area contributed by atoms with Gasteiger partial charge in [-0.1, -0.05) is 18.2 Å². The van der Waals surface area contributed by atoms with E-state index >= 15 is 0 Å². The Morgan fingerprint density at radius 2 is 2.05 bits per heavy atom. The minimum absolute atomic E-state index is 0.0251. The molecule has 4 nitrogen and oxygen atoms in total. The van der Waals surface area contributed by atoms with E-state index in [-0.39, 0.29) is 36.0 Å². The Morgan fingerprint density at radius 3 is 2.74 bits per heavy atom. The number of hydrogen-bond acceptors (Lipinski definition) is 2. The lowest BCUT2D eigenvalue weighted by molar-refractivity contribution is -0.123. The van der Waals surface area contributed by atoms with Crippen LogP contribution in [0.2, 0.25) is 0 Å². The van der Waals surface area contributed by atoms with Gasteiger partial charge in [0.1, 0.15) is 5.82 Å². The van der Waals surface area contributed by atoms with Crippen LogP contribution in [0, 0.1) is 11.7 Å². The fourth-order valence-corrected chi connectivity index (χ4v) is 2.45. The summed E-state index contributed by atoms with van der Waals surface area (Å²) in [5.41, 5.74) is 0.425. The molecule has 1 saturated heterocycles. The van der Waals surface area contributed by atoms with E-state index in [4.69, 9.17) is 0 Å². The normalized spacial score (nSPS) is 26.1. The molecule has 0 spiro atoms. The predicted octanol–water partition coefficient (Wildman–Crippen LogP) is 1.28. The van der Waals surface area contributed by atoms with Gasteiger partial charge in [0.2, 0.25) is 11.8 Å². The van der Waals surface area contributed by atoms with Crippen LogP contribution in [-0.4, -0.2) is 17.9 Å². The van der Waals surface area contributed by atoms with Crippen molar-refractivity contribution in [2.75, 3.05) is 0 Å². The maximum absolute atomic E-state index is 13.8. The molecule has 3 rings (SSSR count). The van der Waals surface area contributed by atoms with Gasteiger partial charge in [-0.15, -0.1) is 0 Å². The number of rotatable bonds is 3. The van der Waals surface area contributed by atoms with Crippen molar-refractivity contribution in [3.8, 4) is 0 Å². The molecule has 0 bridgehead atoms. The third-order valence-corrected chi connectivity index (χ3v) is 3.64. The van der Waals surface area contributed by atoms with Crippen molar-refractivity contribution in [1.82, 2.24) is 10.6 Å². The Morgan fingerprint density at radius 1 is 1.32 bits per heavy atom. The first-order valence-corrected chi connectivity index (χ1v) is 6.49. The first kappa shape index (κ1) is 12.1. The molecule has 2 atom stereocenters. The van der Waals surface area contributed by atoms with Crippen molar-refractivity contribution in [3.63, 3.8) is 0 Å². The molecular formula is C14H15FN2O2. The SMILES string of the molecule is O=C1C[C@@H](NC(=O)C2CC2)[C@H](c2ccccc2F)N1. The zero-order valence-corrected chi connectivity index (χ0v) is 10.4. The van der Waals surface area contributed by atoms with Crippen molar-refractivity contribution in [1.29, 1.82) is 0 Å². The van der Waals surface area contributed by atoms with Crippen molar-refractivity contribution >= 4 is 11.8 Å². The summed E-state index contributed by atoms with van der Waals surface area (Å²) in [5, 5.41) is 5.59. The molecule has 1 saturated carbocycles. The Balaban J connectivity index is 1.80. The minimum atomic E-state index is -0.476. The molecule has 0 aromatic heterocycles. The average Bonchev–Trinajstić information content (AvgIpc) is 3.16. The standard InChI is InChI=1S/C14H15FN2O2/c15-10-4-2-1-3-9(10)13-11(7-12(18)17-13)16-14(19)8-5-6-8/h1-4,8,11,13H,5-7H2,(H,16,19)(H,17,18)/t11-,13+/m1/s1. The van der Waals surface area contributed by atoms with Crippen molar-refractivity contribution in [2.45, 2.75) is 31.3 Å². The van der Waals surface area contributed by atoms with Gasteiger partial charge in [0.05, 0.1) is 12.1 Å². The number of halogens is 1. The summed E-state index contributed by atoms with van der Waals surface area (Å²) < 4.78 is 13.8. The van der Waals surface area contributed by atoms with E-state index in [0.29, 0.717) is 5.56 Å². The Kier molecular flexibility index (Phi) is 2.97. The maximum Gasteiger partial charge on any atom is 0.223 e. The second-order valence-corrected chi connectivity index (χ2v) is 5.16. The van der Waals surface area contributed by atoms with Gasteiger partial charge in [0.15, 0.2) is 0 Å². The molecule has 5 heteroatoms. The molecule has 2 amide bonds. The molecule has 19 heavy (non-hydrogen) atoms. The number of hydrogen-bond donors (Lipinski definition) is 2. The van der Waals surface area contributed by atoms with Crippen LogP contribution in [0.4, 0.5) is 4.39 Å². The van der Waals surface area contributed by atoms with Gasteiger partial charge in [0, 0.05) is 17.9 Å². The van der Waals surface area contributed by atoms with Crippen molar-refractivity contribution in [3.05, 3.63) is 35.6 Å². The summed E-state index contributed by atoms with van der Waals surface area (Å²) in [6, 6.07) is 5.49. The molecule has 1 heterocycles. The van der Waals surface area contributed by atoms with Crippen LogP contribution in [-0.2, 0) is 9.59 Å². The third-order valence-electron chi connectivity index (χ3n) is 3.64. The Hall–Kier alpha value is -1.91. The van der Waals surface area contributed by atoms with E-state index < -0.39 is 6.04 Å². The average molecular weight is 262 g/mol. The Bertz CT molecular complexity index is 528. The minimum Gasteiger partial charge on any atom is -0.350 e. The lowest BCUT2D eigenvalue weighted by Gasteiger charge is -2.21. The maximum atomic E-state index is 13.8. The monoisotopic (exact) mass is 262 g/mol. The summed E-state index contributed by atoms with van der Waals surface area (Å²) in [5.74, 6) is -0.463. The molecule has 1 aromatic carbocycles. The summed E-state index contributed by atoms with van der Waals surface area (Å²) in [4.78, 5) is 23.3. The van der Waals surface area contributed by atoms with Gasteiger partial charge in [-0.3, -0.25) is 9.59 Å². The van der Waals surface area contributed by atoms with Crippen LogP contribution < -0.4 is 10.6 Å². The molecule has 1 aliphatic carbocycles. The number of carbonyl (C=O) groups is 2. The van der Waals surface area contributed by atoms with Gasteiger partial charge in [0.25, 0.3) is 0 Å². The quantitative estimate of drug-likeness (QED) is 0.862. The molecule has 1 aliphatic heterocycles. The van der Waals surface area contributed by atoms with E-state index in [9.17, 15) is 14.0 Å². The molecule has 2 aliphatic rings. The van der Waals surface area contributed by atoms with E-state index in [2.05, 4.69) is 10.6 Å². The second kappa shape index (κ2) is 4.64. The van der Waals surface area contributed by atoms with Crippen LogP contribution in [0.5, 0.6) is 0 Å². The number of nitrogens with one attached hydrogen (secondary N) is 2. The van der Waals surface area contributed by atoms with Gasteiger partial charge in [-0.2, -0.15) is 0 Å². The van der Waals surface area contributed by atoms with E-state index in [0.717, 1.165) is 12.8 Å².